The van der Waals surface area contributed by atoms with E-state index in [0.717, 1.165) is 39.8 Å². The Morgan fingerprint density at radius 1 is 0.739 bits per heavy atom. The van der Waals surface area contributed by atoms with Crippen molar-refractivity contribution in [3.05, 3.63) is 149 Å². The second-order valence-electron chi connectivity index (χ2n) is 11.4. The Bertz CT molecular complexity index is 1810. The minimum absolute atomic E-state index is 0.291. The van der Waals surface area contributed by atoms with E-state index in [2.05, 4.69) is 97.9 Å². The molecule has 0 bridgehead atoms. The number of hydrogen-bond acceptors (Lipinski definition) is 4. The monoisotopic (exact) mass is 610 g/mol. The van der Waals surface area contributed by atoms with Crippen molar-refractivity contribution in [2.75, 3.05) is 20.3 Å². The van der Waals surface area contributed by atoms with E-state index < -0.39 is 12.1 Å². The number of rotatable bonds is 12. The van der Waals surface area contributed by atoms with Gasteiger partial charge in [-0.3, -0.25) is 0 Å². The zero-order valence-electron chi connectivity index (χ0n) is 26.2. The molecule has 0 spiro atoms. The smallest absolute Gasteiger partial charge is 0.333 e. The number of benzene rings is 5. The van der Waals surface area contributed by atoms with Crippen LogP contribution >= 0.6 is 0 Å². The number of aliphatic carboxylic acids is 1. The molecule has 6 rings (SSSR count). The van der Waals surface area contributed by atoms with Gasteiger partial charge in [0.1, 0.15) is 18.5 Å². The van der Waals surface area contributed by atoms with Crippen molar-refractivity contribution in [2.45, 2.75) is 32.0 Å². The lowest BCUT2D eigenvalue weighted by molar-refractivity contribution is -0.148. The van der Waals surface area contributed by atoms with Crippen LogP contribution < -0.4 is 4.74 Å². The molecule has 0 heterocycles. The van der Waals surface area contributed by atoms with Crippen molar-refractivity contribution in [1.29, 1.82) is 0 Å². The third-order valence-electron chi connectivity index (χ3n) is 8.52. The molecule has 46 heavy (non-hydrogen) atoms. The summed E-state index contributed by atoms with van der Waals surface area (Å²) < 4.78 is 17.9. The van der Waals surface area contributed by atoms with E-state index >= 15 is 0 Å². The zero-order chi connectivity index (χ0) is 31.9. The molecule has 0 aliphatic heterocycles. The number of hydrogen-bond donors (Lipinski definition) is 1. The molecule has 232 valence electrons. The summed E-state index contributed by atoms with van der Waals surface area (Å²) in [6.07, 6.45) is 4.47. The molecule has 0 amide bonds. The first-order valence-corrected chi connectivity index (χ1v) is 15.7. The second kappa shape index (κ2) is 14.4. The summed E-state index contributed by atoms with van der Waals surface area (Å²) in [5.41, 5.74) is 11.4. The van der Waals surface area contributed by atoms with Crippen LogP contribution in [-0.2, 0) is 27.1 Å². The quantitative estimate of drug-likeness (QED) is 0.143. The number of ether oxygens (including phenoxy) is 3. The van der Waals surface area contributed by atoms with Crippen LogP contribution in [0, 0.1) is 0 Å². The fourth-order valence-electron chi connectivity index (χ4n) is 6.06. The second-order valence-corrected chi connectivity index (χ2v) is 11.4. The Labute approximate surface area is 270 Å². The third kappa shape index (κ3) is 6.96. The highest BCUT2D eigenvalue weighted by molar-refractivity contribution is 5.82. The maximum Gasteiger partial charge on any atom is 0.333 e. The highest BCUT2D eigenvalue weighted by atomic mass is 16.5. The number of carboxylic acid groups (broad SMARTS) is 1. The van der Waals surface area contributed by atoms with E-state index in [1.807, 2.05) is 36.4 Å². The Hall–Kier alpha value is -4.97. The topological polar surface area (TPSA) is 65.0 Å². The lowest BCUT2D eigenvalue weighted by Crippen LogP contribution is -2.24. The van der Waals surface area contributed by atoms with E-state index in [0.29, 0.717) is 25.4 Å². The van der Waals surface area contributed by atoms with Crippen LogP contribution in [0.5, 0.6) is 5.75 Å². The number of aryl methyl sites for hydroxylation is 1. The van der Waals surface area contributed by atoms with Crippen molar-refractivity contribution >= 4 is 18.1 Å². The van der Waals surface area contributed by atoms with Gasteiger partial charge in [0.25, 0.3) is 0 Å². The Morgan fingerprint density at radius 3 is 2.07 bits per heavy atom. The summed E-state index contributed by atoms with van der Waals surface area (Å²) in [6, 6.07) is 39.6. The van der Waals surface area contributed by atoms with E-state index in [9.17, 15) is 9.90 Å². The van der Waals surface area contributed by atoms with Crippen molar-refractivity contribution in [3.8, 4) is 28.0 Å². The van der Waals surface area contributed by atoms with Crippen LogP contribution in [0.15, 0.2) is 115 Å². The van der Waals surface area contributed by atoms with Crippen LogP contribution in [0.3, 0.4) is 0 Å². The van der Waals surface area contributed by atoms with Crippen LogP contribution in [0.1, 0.15) is 46.4 Å². The summed E-state index contributed by atoms with van der Waals surface area (Å²) in [7, 11) is 1.41. The number of fused-ring (bicyclic) bond motifs is 2. The first-order chi connectivity index (χ1) is 22.5. The van der Waals surface area contributed by atoms with Gasteiger partial charge in [0.2, 0.25) is 0 Å². The van der Waals surface area contributed by atoms with Gasteiger partial charge in [-0.2, -0.15) is 0 Å². The fourth-order valence-corrected chi connectivity index (χ4v) is 6.06. The maximum absolute atomic E-state index is 11.3. The predicted octanol–water partition coefficient (Wildman–Crippen LogP) is 8.89. The van der Waals surface area contributed by atoms with Crippen LogP contribution in [0.4, 0.5) is 0 Å². The molecule has 5 heteroatoms. The largest absolute Gasteiger partial charge is 0.491 e. The summed E-state index contributed by atoms with van der Waals surface area (Å²) in [5.74, 6) is -0.277. The van der Waals surface area contributed by atoms with Crippen molar-refractivity contribution in [1.82, 2.24) is 0 Å². The zero-order valence-corrected chi connectivity index (χ0v) is 26.2. The van der Waals surface area contributed by atoms with E-state index in [-0.39, 0.29) is 6.10 Å². The lowest BCUT2D eigenvalue weighted by Gasteiger charge is -2.24. The van der Waals surface area contributed by atoms with Gasteiger partial charge in [-0.1, -0.05) is 110 Å². The van der Waals surface area contributed by atoms with E-state index in [1.54, 1.807) is 0 Å². The van der Waals surface area contributed by atoms with Crippen molar-refractivity contribution in [3.63, 3.8) is 0 Å². The normalized spacial score (nSPS) is 14.2. The summed E-state index contributed by atoms with van der Waals surface area (Å²) in [6.45, 7) is 2.94. The molecule has 2 unspecified atom stereocenters. The first-order valence-electron chi connectivity index (χ1n) is 15.7. The molecule has 1 aliphatic rings. The van der Waals surface area contributed by atoms with Crippen LogP contribution in [-0.4, -0.2) is 37.5 Å². The number of carbonyl (C=O) groups is 1. The standard InChI is InChI=1S/C41H38O5/c1-3-29-25-34(31-12-8-5-9-13-31)27-38-36(29)21-18-32-16-17-33(30-10-6-4-7-11-30)26-37(32)40(38)46-23-22-45-35-19-14-28(15-20-35)24-39(44-2)41(42)43/h4-21,25-27,39-40H,3,22-24H2,1-2H3,(H,42,43). The molecule has 0 saturated carbocycles. The Kier molecular flexibility index (Phi) is 9.73. The molecule has 0 aromatic heterocycles. The molecule has 0 saturated heterocycles. The van der Waals surface area contributed by atoms with Gasteiger partial charge in [0, 0.05) is 13.5 Å². The molecule has 1 N–H and O–H groups in total. The van der Waals surface area contributed by atoms with E-state index in [1.165, 1.54) is 29.4 Å². The van der Waals surface area contributed by atoms with Crippen LogP contribution in [0.2, 0.25) is 0 Å². The highest BCUT2D eigenvalue weighted by Crippen LogP contribution is 2.41. The molecule has 5 aromatic rings. The fraction of sp³-hybridized carbons (Fsp3) is 0.195. The molecular weight excluding hydrogens is 572 g/mol. The molecular formula is C41H38O5. The SMILES string of the molecule is CCc1cc(-c2ccccc2)cc2c1C=Cc1ccc(-c3ccccc3)cc1C2OCCOc1ccc(CC(OC)C(=O)O)cc1. The molecule has 0 fully saturated rings. The van der Waals surface area contributed by atoms with Gasteiger partial charge in [0.05, 0.1) is 6.61 Å². The van der Waals surface area contributed by atoms with Gasteiger partial charge in [-0.25, -0.2) is 4.79 Å². The van der Waals surface area contributed by atoms with Gasteiger partial charge in [-0.15, -0.1) is 0 Å². The van der Waals surface area contributed by atoms with Gasteiger partial charge in [0.15, 0.2) is 6.10 Å². The van der Waals surface area contributed by atoms with Gasteiger partial charge < -0.3 is 19.3 Å². The van der Waals surface area contributed by atoms with E-state index in [4.69, 9.17) is 14.2 Å². The molecule has 2 atom stereocenters. The number of methoxy groups -OCH3 is 1. The Balaban J connectivity index is 1.29. The molecule has 1 aliphatic carbocycles. The van der Waals surface area contributed by atoms with Crippen molar-refractivity contribution in [2.24, 2.45) is 0 Å². The highest BCUT2D eigenvalue weighted by Gasteiger charge is 2.25. The lowest BCUT2D eigenvalue weighted by atomic mass is 9.88. The summed E-state index contributed by atoms with van der Waals surface area (Å²) in [4.78, 5) is 11.3. The predicted molar refractivity (Wildman–Crippen MR) is 184 cm³/mol. The van der Waals surface area contributed by atoms with Crippen molar-refractivity contribution < 1.29 is 24.1 Å². The molecule has 5 aromatic carbocycles. The maximum atomic E-state index is 11.3. The minimum Gasteiger partial charge on any atom is -0.491 e. The third-order valence-corrected chi connectivity index (χ3v) is 8.52. The van der Waals surface area contributed by atoms with Gasteiger partial charge >= 0.3 is 5.97 Å². The summed E-state index contributed by atoms with van der Waals surface area (Å²) >= 11 is 0. The molecule has 0 radical (unpaired) electrons. The average Bonchev–Trinajstić information content (AvgIpc) is 3.26. The van der Waals surface area contributed by atoms with Gasteiger partial charge in [-0.05, 0) is 86.3 Å². The average molecular weight is 611 g/mol. The minimum atomic E-state index is -0.977. The number of carboxylic acids is 1. The Morgan fingerprint density at radius 2 is 1.41 bits per heavy atom. The van der Waals surface area contributed by atoms with Crippen LogP contribution in [0.25, 0.3) is 34.4 Å². The first kappa shape index (κ1) is 31.0. The molecule has 5 nitrogen and oxygen atoms in total. The summed E-state index contributed by atoms with van der Waals surface area (Å²) in [5, 5.41) is 9.29.